The fourth-order valence-corrected chi connectivity index (χ4v) is 2.64. The number of hydrogen-bond donors (Lipinski definition) is 1. The first-order valence-electron chi connectivity index (χ1n) is 5.74. The van der Waals surface area contributed by atoms with Crippen LogP contribution in [0.4, 0.5) is 4.39 Å². The molecule has 18 heavy (non-hydrogen) atoms. The lowest BCUT2D eigenvalue weighted by atomic mass is 10.1. The van der Waals surface area contributed by atoms with Gasteiger partial charge in [0, 0.05) is 22.0 Å². The number of halogens is 3. The minimum absolute atomic E-state index is 0.0306. The zero-order valence-corrected chi connectivity index (χ0v) is 12.7. The highest BCUT2D eigenvalue weighted by molar-refractivity contribution is 9.09. The molecule has 0 saturated heterocycles. The minimum Gasteiger partial charge on any atom is -0.352 e. The molecule has 100 valence electrons. The highest BCUT2D eigenvalue weighted by atomic mass is 79.9. The maximum atomic E-state index is 13.5. The first-order valence-corrected chi connectivity index (χ1v) is 7.23. The van der Waals surface area contributed by atoms with Gasteiger partial charge in [0.05, 0.1) is 6.42 Å². The van der Waals surface area contributed by atoms with Gasteiger partial charge in [-0.3, -0.25) is 4.79 Å². The van der Waals surface area contributed by atoms with E-state index in [9.17, 15) is 9.18 Å². The summed E-state index contributed by atoms with van der Waals surface area (Å²) in [5.41, 5.74) is 0.244. The zero-order valence-electron chi connectivity index (χ0n) is 10.3. The lowest BCUT2D eigenvalue weighted by molar-refractivity contribution is -0.121. The lowest BCUT2D eigenvalue weighted by Gasteiger charge is -2.20. The predicted molar refractivity (Wildman–Crippen MR) is 75.7 cm³/mol. The molecule has 1 atom stereocenters. The van der Waals surface area contributed by atoms with E-state index in [1.54, 1.807) is 6.07 Å². The third-order valence-electron chi connectivity index (χ3n) is 2.72. The highest BCUT2D eigenvalue weighted by Crippen LogP contribution is 2.19. The standard InChI is InChI=1S/C13H16BrClFNO/c1-8(2)12(7-14)17-13(18)6-9-10(15)4-3-5-11(9)16/h3-5,8,12H,6-7H2,1-2H3,(H,17,18). The molecule has 0 aliphatic heterocycles. The van der Waals surface area contributed by atoms with Gasteiger partial charge in [-0.25, -0.2) is 4.39 Å². The van der Waals surface area contributed by atoms with Crippen LogP contribution in [0.15, 0.2) is 18.2 Å². The van der Waals surface area contributed by atoms with Gasteiger partial charge in [-0.2, -0.15) is 0 Å². The van der Waals surface area contributed by atoms with E-state index in [1.165, 1.54) is 12.1 Å². The van der Waals surface area contributed by atoms with Crippen LogP contribution in [-0.4, -0.2) is 17.3 Å². The van der Waals surface area contributed by atoms with Crippen molar-refractivity contribution in [3.8, 4) is 0 Å². The van der Waals surface area contributed by atoms with Gasteiger partial charge in [-0.15, -0.1) is 0 Å². The van der Waals surface area contributed by atoms with Crippen molar-refractivity contribution in [2.24, 2.45) is 5.92 Å². The van der Waals surface area contributed by atoms with E-state index < -0.39 is 5.82 Å². The molecular weight excluding hydrogens is 321 g/mol. The number of carbonyl (C=O) groups excluding carboxylic acids is 1. The Kier molecular flexibility index (Phi) is 6.09. The van der Waals surface area contributed by atoms with Crippen molar-refractivity contribution in [3.05, 3.63) is 34.6 Å². The Hall–Kier alpha value is -0.610. The van der Waals surface area contributed by atoms with Crippen LogP contribution in [0.5, 0.6) is 0 Å². The molecule has 0 bridgehead atoms. The van der Waals surface area contributed by atoms with Crippen LogP contribution in [-0.2, 0) is 11.2 Å². The molecular formula is C13H16BrClFNO. The largest absolute Gasteiger partial charge is 0.352 e. The molecule has 1 N–H and O–H groups in total. The Bertz CT molecular complexity index is 405. The molecule has 0 radical (unpaired) electrons. The quantitative estimate of drug-likeness (QED) is 0.819. The molecule has 0 saturated carbocycles. The Morgan fingerprint density at radius 1 is 1.50 bits per heavy atom. The normalized spacial score (nSPS) is 12.6. The van der Waals surface area contributed by atoms with Gasteiger partial charge in [0.2, 0.25) is 5.91 Å². The number of benzene rings is 1. The van der Waals surface area contributed by atoms with Crippen molar-refractivity contribution in [1.29, 1.82) is 0 Å². The van der Waals surface area contributed by atoms with E-state index in [4.69, 9.17) is 11.6 Å². The molecule has 2 nitrogen and oxygen atoms in total. The van der Waals surface area contributed by atoms with Gasteiger partial charge >= 0.3 is 0 Å². The summed E-state index contributed by atoms with van der Waals surface area (Å²) in [6.07, 6.45) is -0.0400. The summed E-state index contributed by atoms with van der Waals surface area (Å²) in [6, 6.07) is 4.44. The third-order valence-corrected chi connectivity index (χ3v) is 3.77. The van der Waals surface area contributed by atoms with Crippen LogP contribution in [0.2, 0.25) is 5.02 Å². The molecule has 1 rings (SSSR count). The van der Waals surface area contributed by atoms with Crippen LogP contribution < -0.4 is 5.32 Å². The second kappa shape index (κ2) is 7.10. The predicted octanol–water partition coefficient (Wildman–Crippen LogP) is 3.56. The number of hydrogen-bond acceptors (Lipinski definition) is 1. The molecule has 0 aromatic heterocycles. The van der Waals surface area contributed by atoms with Crippen LogP contribution >= 0.6 is 27.5 Å². The summed E-state index contributed by atoms with van der Waals surface area (Å²) in [5, 5.41) is 3.81. The van der Waals surface area contributed by atoms with Crippen molar-refractivity contribution < 1.29 is 9.18 Å². The molecule has 0 spiro atoms. The topological polar surface area (TPSA) is 29.1 Å². The lowest BCUT2D eigenvalue weighted by Crippen LogP contribution is -2.40. The zero-order chi connectivity index (χ0) is 13.7. The molecule has 0 aliphatic rings. The summed E-state index contributed by atoms with van der Waals surface area (Å²) in [4.78, 5) is 11.8. The molecule has 1 aromatic carbocycles. The average Bonchev–Trinajstić information content (AvgIpc) is 2.30. The van der Waals surface area contributed by atoms with Gasteiger partial charge in [-0.1, -0.05) is 47.4 Å². The molecule has 1 unspecified atom stereocenters. The van der Waals surface area contributed by atoms with Gasteiger partial charge in [0.1, 0.15) is 5.82 Å². The van der Waals surface area contributed by atoms with Gasteiger partial charge < -0.3 is 5.32 Å². The van der Waals surface area contributed by atoms with Crippen LogP contribution in [0, 0.1) is 11.7 Å². The maximum Gasteiger partial charge on any atom is 0.224 e. The fourth-order valence-electron chi connectivity index (χ4n) is 1.50. The second-order valence-corrected chi connectivity index (χ2v) is 5.50. The summed E-state index contributed by atoms with van der Waals surface area (Å²) in [7, 11) is 0. The number of alkyl halides is 1. The molecule has 5 heteroatoms. The van der Waals surface area contributed by atoms with Crippen molar-refractivity contribution in [1.82, 2.24) is 5.32 Å². The summed E-state index contributed by atoms with van der Waals surface area (Å²) >= 11 is 9.22. The van der Waals surface area contributed by atoms with Gasteiger partial charge in [0.15, 0.2) is 0 Å². The molecule has 0 heterocycles. The summed E-state index contributed by atoms with van der Waals surface area (Å²) in [6.45, 7) is 4.03. The highest BCUT2D eigenvalue weighted by Gasteiger charge is 2.17. The minimum atomic E-state index is -0.447. The SMILES string of the molecule is CC(C)C(CBr)NC(=O)Cc1c(F)cccc1Cl. The number of rotatable bonds is 5. The summed E-state index contributed by atoms with van der Waals surface area (Å²) in [5.74, 6) is -0.359. The van der Waals surface area contributed by atoms with Crippen LogP contribution in [0.25, 0.3) is 0 Å². The molecule has 0 aliphatic carbocycles. The van der Waals surface area contributed by atoms with Crippen molar-refractivity contribution in [2.75, 3.05) is 5.33 Å². The second-order valence-electron chi connectivity index (χ2n) is 4.45. The van der Waals surface area contributed by atoms with Crippen molar-refractivity contribution in [2.45, 2.75) is 26.3 Å². The van der Waals surface area contributed by atoms with Crippen molar-refractivity contribution >= 4 is 33.4 Å². The first kappa shape index (κ1) is 15.4. The van der Waals surface area contributed by atoms with E-state index in [0.29, 0.717) is 11.2 Å². The van der Waals surface area contributed by atoms with E-state index in [-0.39, 0.29) is 29.0 Å². The first-order chi connectivity index (χ1) is 8.45. The molecule has 1 amide bonds. The van der Waals surface area contributed by atoms with E-state index in [1.807, 2.05) is 13.8 Å². The monoisotopic (exact) mass is 335 g/mol. The Balaban J connectivity index is 2.70. The van der Waals surface area contributed by atoms with Gasteiger partial charge in [0.25, 0.3) is 0 Å². The molecule has 0 fully saturated rings. The Labute approximate surface area is 120 Å². The molecule has 1 aromatic rings. The number of carbonyl (C=O) groups is 1. The van der Waals surface area contributed by atoms with Crippen LogP contribution in [0.3, 0.4) is 0 Å². The number of nitrogens with one attached hydrogen (secondary N) is 1. The van der Waals surface area contributed by atoms with E-state index in [0.717, 1.165) is 0 Å². The average molecular weight is 337 g/mol. The van der Waals surface area contributed by atoms with E-state index in [2.05, 4.69) is 21.2 Å². The van der Waals surface area contributed by atoms with E-state index >= 15 is 0 Å². The Morgan fingerprint density at radius 3 is 2.67 bits per heavy atom. The van der Waals surface area contributed by atoms with Crippen molar-refractivity contribution in [3.63, 3.8) is 0 Å². The number of amides is 1. The summed E-state index contributed by atoms with van der Waals surface area (Å²) < 4.78 is 13.5. The van der Waals surface area contributed by atoms with Gasteiger partial charge in [-0.05, 0) is 18.1 Å². The Morgan fingerprint density at radius 2 is 2.17 bits per heavy atom. The van der Waals surface area contributed by atoms with Crippen LogP contribution in [0.1, 0.15) is 19.4 Å². The smallest absolute Gasteiger partial charge is 0.224 e. The maximum absolute atomic E-state index is 13.5. The third kappa shape index (κ3) is 4.25. The fraction of sp³-hybridized carbons (Fsp3) is 0.462.